The summed E-state index contributed by atoms with van der Waals surface area (Å²) in [5.41, 5.74) is 0. The Morgan fingerprint density at radius 2 is 1.44 bits per heavy atom. The van der Waals surface area contributed by atoms with Gasteiger partial charge in [0.25, 0.3) is 0 Å². The summed E-state index contributed by atoms with van der Waals surface area (Å²) in [7, 11) is 0. The Hall–Kier alpha value is -1.93. The van der Waals surface area contributed by atoms with Crippen LogP contribution in [0.3, 0.4) is 0 Å². The fraction of sp³-hybridized carbons (Fsp3) is 0.429. The standard InChI is InChI=1S/C4H5F3O3.C2H4.CH2O3/c1-2(4(5,6)7)10-3(8)9;1-2;2-1(3)4/h2H,1H3,(H,8,9);1-2H2;(H2,2,3,4). The van der Waals surface area contributed by atoms with E-state index < -0.39 is 24.6 Å². The highest BCUT2D eigenvalue weighted by Crippen LogP contribution is 2.21. The van der Waals surface area contributed by atoms with Crippen LogP contribution >= 0.6 is 0 Å². The van der Waals surface area contributed by atoms with Crippen LogP contribution in [-0.2, 0) is 4.74 Å². The summed E-state index contributed by atoms with van der Waals surface area (Å²) >= 11 is 0. The van der Waals surface area contributed by atoms with E-state index in [9.17, 15) is 18.0 Å². The van der Waals surface area contributed by atoms with Crippen LogP contribution in [0.5, 0.6) is 0 Å². The smallest absolute Gasteiger partial charge is 0.450 e. The molecule has 0 aliphatic carbocycles. The zero-order chi connectivity index (χ0) is 13.9. The molecule has 9 heteroatoms. The number of hydrogen-bond donors (Lipinski definition) is 3. The number of ether oxygens (including phenoxy) is 1. The van der Waals surface area contributed by atoms with Crippen molar-refractivity contribution in [3.63, 3.8) is 0 Å². The van der Waals surface area contributed by atoms with Crippen molar-refractivity contribution in [1.82, 2.24) is 0 Å². The van der Waals surface area contributed by atoms with Crippen LogP contribution in [0.15, 0.2) is 13.2 Å². The molecule has 3 N–H and O–H groups in total. The first-order chi connectivity index (χ1) is 7.07. The zero-order valence-corrected chi connectivity index (χ0v) is 8.19. The highest BCUT2D eigenvalue weighted by atomic mass is 19.4. The van der Waals surface area contributed by atoms with Gasteiger partial charge in [-0.3, -0.25) is 0 Å². The lowest BCUT2D eigenvalue weighted by molar-refractivity contribution is -0.201. The van der Waals surface area contributed by atoms with Crippen LogP contribution in [-0.4, -0.2) is 39.9 Å². The molecule has 1 atom stereocenters. The van der Waals surface area contributed by atoms with Gasteiger partial charge < -0.3 is 20.1 Å². The number of carboxylic acid groups (broad SMARTS) is 3. The lowest BCUT2D eigenvalue weighted by Gasteiger charge is -2.13. The molecule has 0 aliphatic heterocycles. The fourth-order valence-electron chi connectivity index (χ4n) is 0.218. The van der Waals surface area contributed by atoms with Gasteiger partial charge in [-0.05, 0) is 6.92 Å². The maximum absolute atomic E-state index is 11.4. The van der Waals surface area contributed by atoms with E-state index in [-0.39, 0.29) is 0 Å². The van der Waals surface area contributed by atoms with E-state index in [0.29, 0.717) is 6.92 Å². The van der Waals surface area contributed by atoms with Gasteiger partial charge in [-0.2, -0.15) is 13.2 Å². The van der Waals surface area contributed by atoms with Crippen LogP contribution in [0.1, 0.15) is 6.92 Å². The van der Waals surface area contributed by atoms with Crippen molar-refractivity contribution in [1.29, 1.82) is 0 Å². The van der Waals surface area contributed by atoms with E-state index >= 15 is 0 Å². The molecule has 0 saturated heterocycles. The summed E-state index contributed by atoms with van der Waals surface area (Å²) in [6.07, 6.45) is -10.6. The first-order valence-corrected chi connectivity index (χ1v) is 3.45. The molecular formula is C7H11F3O6. The Kier molecular flexibility index (Phi) is 11.8. The van der Waals surface area contributed by atoms with Gasteiger partial charge >= 0.3 is 18.5 Å². The Morgan fingerprint density at radius 1 is 1.19 bits per heavy atom. The number of carbonyl (C=O) groups is 2. The van der Waals surface area contributed by atoms with Crippen LogP contribution in [0.2, 0.25) is 0 Å². The van der Waals surface area contributed by atoms with E-state index in [1.807, 2.05) is 0 Å². The maximum Gasteiger partial charge on any atom is 0.506 e. The van der Waals surface area contributed by atoms with E-state index in [4.69, 9.17) is 20.1 Å². The molecule has 0 rings (SSSR count). The van der Waals surface area contributed by atoms with Crippen molar-refractivity contribution in [3.05, 3.63) is 13.2 Å². The third-order valence-electron chi connectivity index (χ3n) is 0.739. The molecule has 0 radical (unpaired) electrons. The third kappa shape index (κ3) is 22.7. The second-order valence-electron chi connectivity index (χ2n) is 1.85. The van der Waals surface area contributed by atoms with E-state index in [2.05, 4.69) is 17.9 Å². The molecule has 0 aliphatic rings. The molecule has 0 aromatic carbocycles. The summed E-state index contributed by atoms with van der Waals surface area (Å²) in [5, 5.41) is 21.7. The molecule has 0 aromatic rings. The molecule has 0 spiro atoms. The summed E-state index contributed by atoms with van der Waals surface area (Å²) < 4.78 is 37.7. The van der Waals surface area contributed by atoms with Gasteiger partial charge in [0.15, 0.2) is 6.10 Å². The largest absolute Gasteiger partial charge is 0.506 e. The molecule has 0 aromatic heterocycles. The number of hydrogen-bond acceptors (Lipinski definition) is 3. The Morgan fingerprint density at radius 3 is 1.50 bits per heavy atom. The van der Waals surface area contributed by atoms with Crippen molar-refractivity contribution < 1.29 is 42.8 Å². The monoisotopic (exact) mass is 248 g/mol. The average Bonchev–Trinajstić information content (AvgIpc) is 2.03. The number of alkyl halides is 3. The van der Waals surface area contributed by atoms with Gasteiger partial charge in [0, 0.05) is 0 Å². The van der Waals surface area contributed by atoms with Gasteiger partial charge in [-0.15, -0.1) is 13.2 Å². The molecule has 16 heavy (non-hydrogen) atoms. The Balaban J connectivity index is -0.000000237. The van der Waals surface area contributed by atoms with Crippen molar-refractivity contribution in [2.75, 3.05) is 0 Å². The SMILES string of the molecule is C=C.CC(OC(=O)O)C(F)(F)F.O=C(O)O. The third-order valence-corrected chi connectivity index (χ3v) is 0.739. The van der Waals surface area contributed by atoms with Gasteiger partial charge in [-0.25, -0.2) is 9.59 Å². The predicted molar refractivity (Wildman–Crippen MR) is 46.5 cm³/mol. The fourth-order valence-corrected chi connectivity index (χ4v) is 0.218. The van der Waals surface area contributed by atoms with Crippen molar-refractivity contribution >= 4 is 12.3 Å². The van der Waals surface area contributed by atoms with E-state index in [1.54, 1.807) is 0 Å². The first-order valence-electron chi connectivity index (χ1n) is 3.45. The van der Waals surface area contributed by atoms with Crippen molar-refractivity contribution in [2.45, 2.75) is 19.2 Å². The number of halogens is 3. The molecule has 6 nitrogen and oxygen atoms in total. The van der Waals surface area contributed by atoms with Gasteiger partial charge in [0.05, 0.1) is 0 Å². The minimum absolute atomic E-state index is 0.619. The molecule has 1 unspecified atom stereocenters. The molecule has 0 bridgehead atoms. The topological polar surface area (TPSA) is 104 Å². The van der Waals surface area contributed by atoms with Gasteiger partial charge in [0.2, 0.25) is 0 Å². The minimum Gasteiger partial charge on any atom is -0.450 e. The van der Waals surface area contributed by atoms with E-state index in [1.165, 1.54) is 0 Å². The summed E-state index contributed by atoms with van der Waals surface area (Å²) in [4.78, 5) is 18.1. The second-order valence-corrected chi connectivity index (χ2v) is 1.85. The second kappa shape index (κ2) is 9.62. The average molecular weight is 248 g/mol. The Bertz CT molecular complexity index is 211. The quantitative estimate of drug-likeness (QED) is 0.486. The lowest BCUT2D eigenvalue weighted by Crippen LogP contribution is -2.30. The molecular weight excluding hydrogens is 237 g/mol. The summed E-state index contributed by atoms with van der Waals surface area (Å²) in [6, 6.07) is 0. The molecule has 0 saturated carbocycles. The highest BCUT2D eigenvalue weighted by molar-refractivity contribution is 5.57. The molecule has 0 heterocycles. The zero-order valence-electron chi connectivity index (χ0n) is 8.19. The van der Waals surface area contributed by atoms with Crippen LogP contribution in [0, 0.1) is 0 Å². The minimum atomic E-state index is -4.61. The first kappa shape index (κ1) is 19.6. The Labute approximate surface area is 88.6 Å². The molecule has 0 amide bonds. The van der Waals surface area contributed by atoms with Crippen molar-refractivity contribution in [3.8, 4) is 0 Å². The highest BCUT2D eigenvalue weighted by Gasteiger charge is 2.39. The molecule has 0 fully saturated rings. The van der Waals surface area contributed by atoms with Gasteiger partial charge in [0.1, 0.15) is 0 Å². The summed E-state index contributed by atoms with van der Waals surface area (Å²) in [5.74, 6) is 0. The molecule has 96 valence electrons. The van der Waals surface area contributed by atoms with Crippen molar-refractivity contribution in [2.24, 2.45) is 0 Å². The lowest BCUT2D eigenvalue weighted by atomic mass is 10.4. The normalized spacial score (nSPS) is 10.8. The van der Waals surface area contributed by atoms with Crippen LogP contribution in [0.25, 0.3) is 0 Å². The van der Waals surface area contributed by atoms with Gasteiger partial charge in [-0.1, -0.05) is 0 Å². The van der Waals surface area contributed by atoms with E-state index in [0.717, 1.165) is 0 Å². The predicted octanol–water partition coefficient (Wildman–Crippen LogP) is 2.66. The van der Waals surface area contributed by atoms with Crippen LogP contribution in [0.4, 0.5) is 22.8 Å². The number of rotatable bonds is 1. The summed E-state index contributed by atoms with van der Waals surface area (Å²) in [6.45, 7) is 6.62. The van der Waals surface area contributed by atoms with Crippen LogP contribution < -0.4 is 0 Å². The maximum atomic E-state index is 11.4.